The molecule has 110 valence electrons. The molecule has 0 aromatic carbocycles. The van der Waals surface area contributed by atoms with E-state index < -0.39 is 0 Å². The van der Waals surface area contributed by atoms with Crippen molar-refractivity contribution < 1.29 is 4.74 Å². The molecule has 0 unspecified atom stereocenters. The molecule has 0 saturated heterocycles. The van der Waals surface area contributed by atoms with Gasteiger partial charge in [-0.25, -0.2) is 4.98 Å². The quantitative estimate of drug-likeness (QED) is 0.827. The number of aromatic nitrogens is 1. The molecule has 0 spiro atoms. The Morgan fingerprint density at radius 2 is 2.00 bits per heavy atom. The zero-order valence-corrected chi connectivity index (χ0v) is 14.0. The van der Waals surface area contributed by atoms with Crippen molar-refractivity contribution in [3.63, 3.8) is 0 Å². The number of hydrogen-bond acceptors (Lipinski definition) is 4. The molecule has 0 aliphatic rings. The zero-order chi connectivity index (χ0) is 14.5. The molecule has 1 rings (SSSR count). The van der Waals surface area contributed by atoms with Gasteiger partial charge in [-0.3, -0.25) is 0 Å². The fraction of sp³-hybridized carbons (Fsp3) is 0.800. The highest BCUT2D eigenvalue weighted by molar-refractivity contribution is 7.11. The van der Waals surface area contributed by atoms with E-state index >= 15 is 0 Å². The van der Waals surface area contributed by atoms with Gasteiger partial charge in [0.05, 0.1) is 17.3 Å². The van der Waals surface area contributed by atoms with Crippen LogP contribution in [0.4, 0.5) is 0 Å². The molecule has 0 fully saturated rings. The topological polar surface area (TPSA) is 34.1 Å². The molecule has 1 aromatic rings. The standard InChI is InChI=1S/C15H28N2OS/c1-11(2)7-8-14-17-12(10-18-6)13(19-14)9-16-15(3,4)5/h11,16H,7-10H2,1-6H3. The summed E-state index contributed by atoms with van der Waals surface area (Å²) in [6.07, 6.45) is 2.28. The van der Waals surface area contributed by atoms with Gasteiger partial charge in [0.2, 0.25) is 0 Å². The fourth-order valence-electron chi connectivity index (χ4n) is 1.69. The van der Waals surface area contributed by atoms with Crippen LogP contribution >= 0.6 is 11.3 Å². The SMILES string of the molecule is COCc1nc(CCC(C)C)sc1CNC(C)(C)C. The van der Waals surface area contributed by atoms with E-state index in [1.165, 1.54) is 16.3 Å². The highest BCUT2D eigenvalue weighted by Gasteiger charge is 2.14. The second-order valence-electron chi connectivity index (χ2n) is 6.45. The van der Waals surface area contributed by atoms with Crippen LogP contribution in [-0.4, -0.2) is 17.6 Å². The van der Waals surface area contributed by atoms with Gasteiger partial charge in [-0.15, -0.1) is 11.3 Å². The van der Waals surface area contributed by atoms with Crippen molar-refractivity contribution in [2.24, 2.45) is 5.92 Å². The Morgan fingerprint density at radius 1 is 1.32 bits per heavy atom. The highest BCUT2D eigenvalue weighted by Crippen LogP contribution is 2.22. The van der Waals surface area contributed by atoms with Crippen LogP contribution in [0.1, 0.15) is 56.6 Å². The third kappa shape index (κ3) is 6.50. The number of thiazole rings is 1. The number of nitrogens with zero attached hydrogens (tertiary/aromatic N) is 1. The molecule has 0 radical (unpaired) electrons. The van der Waals surface area contributed by atoms with Gasteiger partial charge in [0.25, 0.3) is 0 Å². The maximum atomic E-state index is 5.26. The van der Waals surface area contributed by atoms with E-state index in [0.29, 0.717) is 6.61 Å². The molecule has 1 aromatic heterocycles. The minimum Gasteiger partial charge on any atom is -0.378 e. The van der Waals surface area contributed by atoms with E-state index in [9.17, 15) is 0 Å². The molecule has 0 aliphatic heterocycles. The van der Waals surface area contributed by atoms with Gasteiger partial charge in [0.1, 0.15) is 0 Å². The van der Waals surface area contributed by atoms with E-state index in [0.717, 1.165) is 24.6 Å². The third-order valence-electron chi connectivity index (χ3n) is 2.82. The number of hydrogen-bond donors (Lipinski definition) is 1. The molecule has 0 bridgehead atoms. The lowest BCUT2D eigenvalue weighted by Gasteiger charge is -2.20. The van der Waals surface area contributed by atoms with Crippen LogP contribution in [0.3, 0.4) is 0 Å². The Balaban J connectivity index is 2.71. The zero-order valence-electron chi connectivity index (χ0n) is 13.2. The summed E-state index contributed by atoms with van der Waals surface area (Å²) in [5.74, 6) is 0.728. The van der Waals surface area contributed by atoms with Crippen LogP contribution in [0, 0.1) is 5.92 Å². The lowest BCUT2D eigenvalue weighted by molar-refractivity contribution is 0.181. The summed E-state index contributed by atoms with van der Waals surface area (Å²) < 4.78 is 5.26. The average molecular weight is 284 g/mol. The van der Waals surface area contributed by atoms with Gasteiger partial charge in [-0.05, 0) is 39.5 Å². The molecule has 0 aliphatic carbocycles. The summed E-state index contributed by atoms with van der Waals surface area (Å²) in [4.78, 5) is 6.04. The number of ether oxygens (including phenoxy) is 1. The summed E-state index contributed by atoms with van der Waals surface area (Å²) >= 11 is 1.83. The maximum Gasteiger partial charge on any atom is 0.0932 e. The molecule has 19 heavy (non-hydrogen) atoms. The molecule has 4 heteroatoms. The first kappa shape index (κ1) is 16.6. The van der Waals surface area contributed by atoms with E-state index in [1.54, 1.807) is 7.11 Å². The second kappa shape index (κ2) is 7.36. The summed E-state index contributed by atoms with van der Waals surface area (Å²) in [5.41, 5.74) is 1.23. The van der Waals surface area contributed by atoms with Crippen LogP contribution in [0.5, 0.6) is 0 Å². The third-order valence-corrected chi connectivity index (χ3v) is 3.98. The lowest BCUT2D eigenvalue weighted by Crippen LogP contribution is -2.35. The molecule has 0 atom stereocenters. The maximum absolute atomic E-state index is 5.26. The van der Waals surface area contributed by atoms with Crippen molar-refractivity contribution in [2.75, 3.05) is 7.11 Å². The van der Waals surface area contributed by atoms with Crippen molar-refractivity contribution in [1.29, 1.82) is 0 Å². The van der Waals surface area contributed by atoms with Gasteiger partial charge in [0, 0.05) is 24.1 Å². The number of nitrogens with one attached hydrogen (secondary N) is 1. The first-order valence-electron chi connectivity index (χ1n) is 7.03. The van der Waals surface area contributed by atoms with Gasteiger partial charge < -0.3 is 10.1 Å². The molecule has 0 saturated carbocycles. The van der Waals surface area contributed by atoms with Crippen LogP contribution in [-0.2, 0) is 24.3 Å². The molecule has 1 heterocycles. The summed E-state index contributed by atoms with van der Waals surface area (Å²) in [6.45, 7) is 12.6. The van der Waals surface area contributed by atoms with Crippen molar-refractivity contribution in [3.8, 4) is 0 Å². The van der Waals surface area contributed by atoms with Crippen molar-refractivity contribution in [1.82, 2.24) is 10.3 Å². The van der Waals surface area contributed by atoms with E-state index in [4.69, 9.17) is 9.72 Å². The number of rotatable bonds is 7. The largest absolute Gasteiger partial charge is 0.378 e. The Labute approximate surface area is 121 Å². The van der Waals surface area contributed by atoms with E-state index in [1.807, 2.05) is 11.3 Å². The number of aryl methyl sites for hydroxylation is 1. The lowest BCUT2D eigenvalue weighted by atomic mass is 10.1. The smallest absolute Gasteiger partial charge is 0.0932 e. The van der Waals surface area contributed by atoms with Gasteiger partial charge in [-0.2, -0.15) is 0 Å². The Bertz CT molecular complexity index is 380. The summed E-state index contributed by atoms with van der Waals surface area (Å²) in [5, 5.41) is 4.77. The Morgan fingerprint density at radius 3 is 2.53 bits per heavy atom. The molecular weight excluding hydrogens is 256 g/mol. The predicted molar refractivity (Wildman–Crippen MR) is 82.6 cm³/mol. The Kier molecular flexibility index (Phi) is 6.43. The molecule has 0 amide bonds. The first-order valence-corrected chi connectivity index (χ1v) is 7.85. The monoisotopic (exact) mass is 284 g/mol. The van der Waals surface area contributed by atoms with Crippen LogP contribution in [0.25, 0.3) is 0 Å². The van der Waals surface area contributed by atoms with Crippen molar-refractivity contribution in [3.05, 3.63) is 15.6 Å². The minimum atomic E-state index is 0.131. The van der Waals surface area contributed by atoms with E-state index in [-0.39, 0.29) is 5.54 Å². The fourth-order valence-corrected chi connectivity index (χ4v) is 2.72. The predicted octanol–water partition coefficient (Wildman–Crippen LogP) is 3.77. The van der Waals surface area contributed by atoms with Gasteiger partial charge >= 0.3 is 0 Å². The van der Waals surface area contributed by atoms with Crippen molar-refractivity contribution in [2.45, 2.75) is 66.2 Å². The highest BCUT2D eigenvalue weighted by atomic mass is 32.1. The molecule has 1 N–H and O–H groups in total. The molecular formula is C15H28N2OS. The van der Waals surface area contributed by atoms with Gasteiger partial charge in [-0.1, -0.05) is 13.8 Å². The Hall–Kier alpha value is -0.450. The normalized spacial score (nSPS) is 12.4. The minimum absolute atomic E-state index is 0.131. The second-order valence-corrected chi connectivity index (χ2v) is 7.61. The summed E-state index contributed by atoms with van der Waals surface area (Å²) in [7, 11) is 1.73. The van der Waals surface area contributed by atoms with Crippen molar-refractivity contribution >= 4 is 11.3 Å². The van der Waals surface area contributed by atoms with Crippen LogP contribution in [0.2, 0.25) is 0 Å². The van der Waals surface area contributed by atoms with Crippen LogP contribution in [0.15, 0.2) is 0 Å². The van der Waals surface area contributed by atoms with Gasteiger partial charge in [0.15, 0.2) is 0 Å². The average Bonchev–Trinajstić information content (AvgIpc) is 2.66. The van der Waals surface area contributed by atoms with Crippen LogP contribution < -0.4 is 5.32 Å². The molecule has 3 nitrogen and oxygen atoms in total. The first-order chi connectivity index (χ1) is 8.81. The summed E-state index contributed by atoms with van der Waals surface area (Å²) in [6, 6.07) is 0. The number of methoxy groups -OCH3 is 1. The van der Waals surface area contributed by atoms with E-state index in [2.05, 4.69) is 39.9 Å².